The van der Waals surface area contributed by atoms with E-state index in [4.69, 9.17) is 10.5 Å². The van der Waals surface area contributed by atoms with Crippen molar-refractivity contribution in [2.24, 2.45) is 11.7 Å². The zero-order valence-corrected chi connectivity index (χ0v) is 11.2. The van der Waals surface area contributed by atoms with Gasteiger partial charge < -0.3 is 10.5 Å². The minimum Gasteiger partial charge on any atom is -0.497 e. The van der Waals surface area contributed by atoms with Crippen LogP contribution in [0.25, 0.3) is 6.08 Å². The van der Waals surface area contributed by atoms with Gasteiger partial charge in [0.1, 0.15) is 5.75 Å². The molecule has 94 valence electrons. The zero-order chi connectivity index (χ0) is 11.5. The van der Waals surface area contributed by atoms with Crippen molar-refractivity contribution in [2.45, 2.75) is 25.8 Å². The van der Waals surface area contributed by atoms with Gasteiger partial charge in [0.05, 0.1) is 7.11 Å². The molecule has 0 aromatic heterocycles. The third kappa shape index (κ3) is 3.76. The van der Waals surface area contributed by atoms with E-state index >= 15 is 0 Å². The lowest BCUT2D eigenvalue weighted by Gasteiger charge is -2.11. The molecule has 17 heavy (non-hydrogen) atoms. The lowest BCUT2D eigenvalue weighted by molar-refractivity contribution is 0.414. The average molecular weight is 254 g/mol. The molecule has 3 heteroatoms. The van der Waals surface area contributed by atoms with Crippen LogP contribution in [0.4, 0.5) is 0 Å². The van der Waals surface area contributed by atoms with Gasteiger partial charge in [-0.05, 0) is 48.9 Å². The molecule has 1 aromatic rings. The van der Waals surface area contributed by atoms with E-state index in [-0.39, 0.29) is 18.4 Å². The van der Waals surface area contributed by atoms with Crippen molar-refractivity contribution in [1.29, 1.82) is 0 Å². The molecule has 2 nitrogen and oxygen atoms in total. The highest BCUT2D eigenvalue weighted by Crippen LogP contribution is 2.32. The number of hydrogen-bond acceptors (Lipinski definition) is 2. The van der Waals surface area contributed by atoms with Gasteiger partial charge in [-0.2, -0.15) is 0 Å². The average Bonchev–Trinajstić information content (AvgIpc) is 3.09. The van der Waals surface area contributed by atoms with Gasteiger partial charge >= 0.3 is 0 Å². The summed E-state index contributed by atoms with van der Waals surface area (Å²) >= 11 is 0. The van der Waals surface area contributed by atoms with Crippen molar-refractivity contribution in [3.05, 3.63) is 35.4 Å². The van der Waals surface area contributed by atoms with Gasteiger partial charge in [-0.25, -0.2) is 0 Å². The number of nitrogens with two attached hydrogens (primary N) is 1. The highest BCUT2D eigenvalue weighted by Gasteiger charge is 2.17. The Balaban J connectivity index is 0.00000144. The van der Waals surface area contributed by atoms with Crippen LogP contribution in [-0.4, -0.2) is 7.11 Å². The number of allylic oxidation sites excluding steroid dienone is 1. The van der Waals surface area contributed by atoms with Crippen LogP contribution in [0.1, 0.15) is 36.9 Å². The van der Waals surface area contributed by atoms with Crippen LogP contribution in [0, 0.1) is 5.92 Å². The summed E-state index contributed by atoms with van der Waals surface area (Å²) in [7, 11) is 1.68. The summed E-state index contributed by atoms with van der Waals surface area (Å²) in [5.74, 6) is 1.67. The van der Waals surface area contributed by atoms with Gasteiger partial charge in [0.15, 0.2) is 0 Å². The Labute approximate surface area is 109 Å². The lowest BCUT2D eigenvalue weighted by Crippen LogP contribution is -2.07. The van der Waals surface area contributed by atoms with Crippen molar-refractivity contribution >= 4 is 18.5 Å². The molecule has 1 saturated carbocycles. The first kappa shape index (κ1) is 14.1. The second kappa shape index (κ2) is 6.08. The first-order chi connectivity index (χ1) is 7.70. The van der Waals surface area contributed by atoms with Gasteiger partial charge in [-0.1, -0.05) is 18.2 Å². The maximum Gasteiger partial charge on any atom is 0.119 e. The van der Waals surface area contributed by atoms with Crippen molar-refractivity contribution in [2.75, 3.05) is 7.11 Å². The molecule has 0 spiro atoms. The fraction of sp³-hybridized carbons (Fsp3) is 0.429. The van der Waals surface area contributed by atoms with E-state index in [2.05, 4.69) is 18.2 Å². The van der Waals surface area contributed by atoms with Gasteiger partial charge in [0.25, 0.3) is 0 Å². The number of methoxy groups -OCH3 is 1. The Kier molecular flexibility index (Phi) is 5.03. The number of benzene rings is 1. The van der Waals surface area contributed by atoms with Gasteiger partial charge in [-0.15, -0.1) is 12.4 Å². The Bertz CT molecular complexity index is 397. The molecule has 1 aliphatic rings. The maximum absolute atomic E-state index is 5.97. The molecular formula is C14H20ClNO. The minimum absolute atomic E-state index is 0. The molecule has 2 N–H and O–H groups in total. The number of hydrogen-bond donors (Lipinski definition) is 1. The lowest BCUT2D eigenvalue weighted by atomic mass is 10.0. The molecule has 0 saturated heterocycles. The van der Waals surface area contributed by atoms with Crippen molar-refractivity contribution in [1.82, 2.24) is 0 Å². The largest absolute Gasteiger partial charge is 0.497 e. The minimum atomic E-state index is 0. The predicted molar refractivity (Wildman–Crippen MR) is 74.6 cm³/mol. The third-order valence-corrected chi connectivity index (χ3v) is 2.95. The van der Waals surface area contributed by atoms with Gasteiger partial charge in [0.2, 0.25) is 0 Å². The standard InChI is InChI=1S/C14H19NO.ClH/c1-10(15)14-9-13(16-2)8-7-12(14)6-5-11-3-4-11;/h5-11H,3-4,15H2,1-2H3;1H/b6-5+;/t10-;/m0./s1. The number of ether oxygens (including phenoxy) is 1. The van der Waals surface area contributed by atoms with Gasteiger partial charge in [0, 0.05) is 6.04 Å². The molecule has 0 radical (unpaired) electrons. The molecule has 0 unspecified atom stereocenters. The SMILES string of the molecule is COc1ccc(/C=C/C2CC2)c([C@H](C)N)c1.Cl. The molecular weight excluding hydrogens is 234 g/mol. The molecule has 1 atom stereocenters. The summed E-state index contributed by atoms with van der Waals surface area (Å²) in [5.41, 5.74) is 8.33. The summed E-state index contributed by atoms with van der Waals surface area (Å²) in [4.78, 5) is 0. The van der Waals surface area contributed by atoms with E-state index < -0.39 is 0 Å². The van der Waals surface area contributed by atoms with Crippen LogP contribution in [0.3, 0.4) is 0 Å². The van der Waals surface area contributed by atoms with E-state index in [0.717, 1.165) is 17.2 Å². The van der Waals surface area contributed by atoms with Crippen LogP contribution >= 0.6 is 12.4 Å². The Morgan fingerprint density at radius 1 is 1.41 bits per heavy atom. The fourth-order valence-corrected chi connectivity index (χ4v) is 1.75. The van der Waals surface area contributed by atoms with Crippen molar-refractivity contribution in [3.63, 3.8) is 0 Å². The van der Waals surface area contributed by atoms with Crippen LogP contribution in [0.15, 0.2) is 24.3 Å². The van der Waals surface area contributed by atoms with Crippen molar-refractivity contribution < 1.29 is 4.74 Å². The smallest absolute Gasteiger partial charge is 0.119 e. The first-order valence-corrected chi connectivity index (χ1v) is 5.82. The zero-order valence-electron chi connectivity index (χ0n) is 10.3. The van der Waals surface area contributed by atoms with Crippen LogP contribution in [0.2, 0.25) is 0 Å². The number of halogens is 1. The monoisotopic (exact) mass is 253 g/mol. The fourth-order valence-electron chi connectivity index (χ4n) is 1.75. The first-order valence-electron chi connectivity index (χ1n) is 5.82. The van der Waals surface area contributed by atoms with E-state index in [0.29, 0.717) is 0 Å². The Morgan fingerprint density at radius 2 is 2.12 bits per heavy atom. The summed E-state index contributed by atoms with van der Waals surface area (Å²) in [6, 6.07) is 6.13. The predicted octanol–water partition coefficient (Wildman–Crippen LogP) is 3.56. The highest BCUT2D eigenvalue weighted by atomic mass is 35.5. The maximum atomic E-state index is 5.97. The molecule has 0 aliphatic heterocycles. The molecule has 0 heterocycles. The van der Waals surface area contributed by atoms with Crippen molar-refractivity contribution in [3.8, 4) is 5.75 Å². The molecule has 2 rings (SSSR count). The summed E-state index contributed by atoms with van der Waals surface area (Å²) in [5, 5.41) is 0. The molecule has 1 aromatic carbocycles. The summed E-state index contributed by atoms with van der Waals surface area (Å²) in [6.07, 6.45) is 7.14. The second-order valence-corrected chi connectivity index (χ2v) is 4.48. The number of rotatable bonds is 4. The topological polar surface area (TPSA) is 35.2 Å². The van der Waals surface area contributed by atoms with E-state index in [9.17, 15) is 0 Å². The highest BCUT2D eigenvalue weighted by molar-refractivity contribution is 5.85. The van der Waals surface area contributed by atoms with E-state index in [1.54, 1.807) is 7.11 Å². The molecule has 1 fully saturated rings. The Morgan fingerprint density at radius 3 is 2.65 bits per heavy atom. The Hall–Kier alpha value is -0.990. The van der Waals surface area contributed by atoms with Gasteiger partial charge in [-0.3, -0.25) is 0 Å². The second-order valence-electron chi connectivity index (χ2n) is 4.48. The quantitative estimate of drug-likeness (QED) is 0.891. The van der Waals surface area contributed by atoms with E-state index in [1.807, 2.05) is 19.1 Å². The van der Waals surface area contributed by atoms with Crippen LogP contribution in [0.5, 0.6) is 5.75 Å². The van der Waals surface area contributed by atoms with Crippen LogP contribution < -0.4 is 10.5 Å². The molecule has 1 aliphatic carbocycles. The van der Waals surface area contributed by atoms with Crippen LogP contribution in [-0.2, 0) is 0 Å². The summed E-state index contributed by atoms with van der Waals surface area (Å²) in [6.45, 7) is 2.00. The normalized spacial score (nSPS) is 16.6. The third-order valence-electron chi connectivity index (χ3n) is 2.95. The van der Waals surface area contributed by atoms with E-state index in [1.165, 1.54) is 18.4 Å². The molecule has 0 amide bonds. The molecule has 0 bridgehead atoms. The summed E-state index contributed by atoms with van der Waals surface area (Å²) < 4.78 is 5.22.